The largest absolute Gasteiger partial charge is 0.493 e. The highest BCUT2D eigenvalue weighted by Crippen LogP contribution is 2.40. The highest BCUT2D eigenvalue weighted by atomic mass is 16.5. The van der Waals surface area contributed by atoms with Crippen LogP contribution in [0.4, 0.5) is 5.69 Å². The van der Waals surface area contributed by atoms with Gasteiger partial charge < -0.3 is 19.5 Å². The summed E-state index contributed by atoms with van der Waals surface area (Å²) in [5.41, 5.74) is 3.43. The molecule has 0 saturated carbocycles. The molecule has 1 aliphatic heterocycles. The smallest absolute Gasteiger partial charge is 0.235 e. The number of hydrogen-bond donors (Lipinski definition) is 1. The number of benzene rings is 2. The van der Waals surface area contributed by atoms with Crippen molar-refractivity contribution in [3.63, 3.8) is 0 Å². The standard InChI is InChI=1S/C22H27NO4/c1-15-5-7-18(13-16(15)2)23-21(24)22(9-11-27-12-10-22)17-6-8-19(25-3)20(14-17)26-4/h5-8,13-14H,9-12H2,1-4H3,(H,23,24). The lowest BCUT2D eigenvalue weighted by molar-refractivity contribution is -0.125. The van der Waals surface area contributed by atoms with Crippen LogP contribution < -0.4 is 14.8 Å². The molecule has 1 aliphatic rings. The maximum absolute atomic E-state index is 13.4. The molecular formula is C22H27NO4. The zero-order chi connectivity index (χ0) is 19.4. The number of aryl methyl sites for hydroxylation is 2. The fourth-order valence-electron chi connectivity index (χ4n) is 3.57. The maximum Gasteiger partial charge on any atom is 0.235 e. The van der Waals surface area contributed by atoms with Crippen LogP contribution in [0.2, 0.25) is 0 Å². The molecule has 0 bridgehead atoms. The van der Waals surface area contributed by atoms with Crippen molar-refractivity contribution in [3.8, 4) is 11.5 Å². The number of rotatable bonds is 5. The second kappa shape index (κ2) is 8.01. The third kappa shape index (κ3) is 3.78. The molecule has 1 amide bonds. The van der Waals surface area contributed by atoms with Crippen LogP contribution in [0, 0.1) is 13.8 Å². The Morgan fingerprint density at radius 3 is 2.30 bits per heavy atom. The Hall–Kier alpha value is -2.53. The van der Waals surface area contributed by atoms with Gasteiger partial charge in [-0.25, -0.2) is 0 Å². The predicted molar refractivity (Wildman–Crippen MR) is 106 cm³/mol. The van der Waals surface area contributed by atoms with Crippen molar-refractivity contribution in [1.82, 2.24) is 0 Å². The Balaban J connectivity index is 1.97. The number of hydrogen-bond acceptors (Lipinski definition) is 4. The van der Waals surface area contributed by atoms with Crippen molar-refractivity contribution < 1.29 is 19.0 Å². The van der Waals surface area contributed by atoms with Crippen LogP contribution >= 0.6 is 0 Å². The molecule has 5 heteroatoms. The van der Waals surface area contributed by atoms with Gasteiger partial charge in [0, 0.05) is 18.9 Å². The van der Waals surface area contributed by atoms with Gasteiger partial charge in [-0.2, -0.15) is 0 Å². The average molecular weight is 369 g/mol. The minimum Gasteiger partial charge on any atom is -0.493 e. The van der Waals surface area contributed by atoms with Gasteiger partial charge in [-0.05, 0) is 67.6 Å². The van der Waals surface area contributed by atoms with E-state index in [1.54, 1.807) is 14.2 Å². The highest BCUT2D eigenvalue weighted by molar-refractivity contribution is 5.99. The summed E-state index contributed by atoms with van der Waals surface area (Å²) in [4.78, 5) is 13.4. The lowest BCUT2D eigenvalue weighted by Gasteiger charge is -2.36. The van der Waals surface area contributed by atoms with Crippen LogP contribution in [0.5, 0.6) is 11.5 Å². The molecule has 1 fully saturated rings. The molecule has 0 aromatic heterocycles. The van der Waals surface area contributed by atoms with E-state index in [2.05, 4.69) is 12.2 Å². The zero-order valence-electron chi connectivity index (χ0n) is 16.4. The molecule has 27 heavy (non-hydrogen) atoms. The molecule has 5 nitrogen and oxygen atoms in total. The quantitative estimate of drug-likeness (QED) is 0.865. The minimum absolute atomic E-state index is 0.0127. The number of nitrogens with one attached hydrogen (secondary N) is 1. The van der Waals surface area contributed by atoms with Gasteiger partial charge in [-0.1, -0.05) is 12.1 Å². The molecule has 1 heterocycles. The molecule has 0 atom stereocenters. The van der Waals surface area contributed by atoms with Gasteiger partial charge >= 0.3 is 0 Å². The van der Waals surface area contributed by atoms with Crippen molar-refractivity contribution in [2.75, 3.05) is 32.8 Å². The molecule has 0 unspecified atom stereocenters. The summed E-state index contributed by atoms with van der Waals surface area (Å²) < 4.78 is 16.3. The Morgan fingerprint density at radius 2 is 1.67 bits per heavy atom. The topological polar surface area (TPSA) is 56.8 Å². The number of anilines is 1. The Morgan fingerprint density at radius 1 is 0.963 bits per heavy atom. The monoisotopic (exact) mass is 369 g/mol. The van der Waals surface area contributed by atoms with Crippen LogP contribution in [0.1, 0.15) is 29.5 Å². The summed E-state index contributed by atoms with van der Waals surface area (Å²) in [5.74, 6) is 1.26. The molecule has 1 N–H and O–H groups in total. The zero-order valence-corrected chi connectivity index (χ0v) is 16.4. The number of methoxy groups -OCH3 is 2. The van der Waals surface area contributed by atoms with Crippen LogP contribution in [0.3, 0.4) is 0 Å². The Kier molecular flexibility index (Phi) is 5.71. The van der Waals surface area contributed by atoms with E-state index in [0.717, 1.165) is 16.8 Å². The van der Waals surface area contributed by atoms with E-state index >= 15 is 0 Å². The van der Waals surface area contributed by atoms with E-state index in [4.69, 9.17) is 14.2 Å². The summed E-state index contributed by atoms with van der Waals surface area (Å²) in [5, 5.41) is 3.12. The van der Waals surface area contributed by atoms with E-state index < -0.39 is 5.41 Å². The number of amides is 1. The Labute approximate surface area is 160 Å². The predicted octanol–water partition coefficient (Wildman–Crippen LogP) is 4.01. The molecule has 144 valence electrons. The van der Waals surface area contributed by atoms with Crippen molar-refractivity contribution >= 4 is 11.6 Å². The first-order chi connectivity index (χ1) is 13.0. The fraction of sp³-hybridized carbons (Fsp3) is 0.409. The molecule has 3 rings (SSSR count). The van der Waals surface area contributed by atoms with Gasteiger partial charge in [0.2, 0.25) is 5.91 Å². The van der Waals surface area contributed by atoms with Crippen molar-refractivity contribution in [1.29, 1.82) is 0 Å². The molecule has 2 aromatic rings. The lowest BCUT2D eigenvalue weighted by atomic mass is 9.73. The summed E-state index contributed by atoms with van der Waals surface area (Å²) in [6.45, 7) is 5.21. The first-order valence-electron chi connectivity index (χ1n) is 9.19. The van der Waals surface area contributed by atoms with Gasteiger partial charge in [0.15, 0.2) is 11.5 Å². The van der Waals surface area contributed by atoms with Crippen molar-refractivity contribution in [2.24, 2.45) is 0 Å². The molecular weight excluding hydrogens is 342 g/mol. The second-order valence-electron chi connectivity index (χ2n) is 7.02. The van der Waals surface area contributed by atoms with Gasteiger partial charge in [-0.3, -0.25) is 4.79 Å². The van der Waals surface area contributed by atoms with E-state index in [9.17, 15) is 4.79 Å². The third-order valence-electron chi connectivity index (χ3n) is 5.48. The highest BCUT2D eigenvalue weighted by Gasteiger charge is 2.42. The van der Waals surface area contributed by atoms with E-state index in [1.807, 2.05) is 43.3 Å². The van der Waals surface area contributed by atoms with Crippen molar-refractivity contribution in [2.45, 2.75) is 32.1 Å². The number of carbonyl (C=O) groups excluding carboxylic acids is 1. The lowest BCUT2D eigenvalue weighted by Crippen LogP contribution is -2.44. The summed E-state index contributed by atoms with van der Waals surface area (Å²) in [6.07, 6.45) is 1.25. The van der Waals surface area contributed by atoms with Crippen LogP contribution in [-0.4, -0.2) is 33.3 Å². The average Bonchev–Trinajstić information content (AvgIpc) is 2.70. The van der Waals surface area contributed by atoms with E-state index in [0.29, 0.717) is 37.6 Å². The maximum atomic E-state index is 13.4. The van der Waals surface area contributed by atoms with E-state index in [-0.39, 0.29) is 5.91 Å². The SMILES string of the molecule is COc1ccc(C2(C(=O)Nc3ccc(C)c(C)c3)CCOCC2)cc1OC. The van der Waals surface area contributed by atoms with Gasteiger partial charge in [0.1, 0.15) is 0 Å². The molecule has 0 spiro atoms. The number of carbonyl (C=O) groups is 1. The van der Waals surface area contributed by atoms with Gasteiger partial charge in [-0.15, -0.1) is 0 Å². The minimum atomic E-state index is -0.656. The van der Waals surface area contributed by atoms with Crippen LogP contribution in [0.25, 0.3) is 0 Å². The molecule has 0 radical (unpaired) electrons. The van der Waals surface area contributed by atoms with Crippen LogP contribution in [0.15, 0.2) is 36.4 Å². The van der Waals surface area contributed by atoms with Crippen molar-refractivity contribution in [3.05, 3.63) is 53.1 Å². The number of ether oxygens (including phenoxy) is 3. The Bertz CT molecular complexity index is 825. The van der Waals surface area contributed by atoms with E-state index in [1.165, 1.54) is 5.56 Å². The molecule has 2 aromatic carbocycles. The first kappa shape index (κ1) is 19.2. The molecule has 0 aliphatic carbocycles. The summed E-state index contributed by atoms with van der Waals surface area (Å²) in [6, 6.07) is 11.7. The summed E-state index contributed by atoms with van der Waals surface area (Å²) >= 11 is 0. The second-order valence-corrected chi connectivity index (χ2v) is 7.02. The van der Waals surface area contributed by atoms with Gasteiger partial charge in [0.05, 0.1) is 19.6 Å². The molecule has 1 saturated heterocycles. The van der Waals surface area contributed by atoms with Gasteiger partial charge in [0.25, 0.3) is 0 Å². The normalized spacial score (nSPS) is 15.9. The van der Waals surface area contributed by atoms with Crippen LogP contribution in [-0.2, 0) is 14.9 Å². The fourth-order valence-corrected chi connectivity index (χ4v) is 3.57. The third-order valence-corrected chi connectivity index (χ3v) is 5.48. The summed E-state index contributed by atoms with van der Waals surface area (Å²) in [7, 11) is 3.21. The first-order valence-corrected chi connectivity index (χ1v) is 9.19.